The number of nitrogens with one attached hydrogen (secondary N) is 1. The third-order valence-electron chi connectivity index (χ3n) is 3.45. The number of nitriles is 1. The van der Waals surface area contributed by atoms with Gasteiger partial charge < -0.3 is 0 Å². The lowest BCUT2D eigenvalue weighted by atomic mass is 9.90. The summed E-state index contributed by atoms with van der Waals surface area (Å²) in [5.74, 6) is 0.440. The van der Waals surface area contributed by atoms with E-state index in [-0.39, 0.29) is 10.6 Å². The molecule has 1 saturated carbocycles. The van der Waals surface area contributed by atoms with Gasteiger partial charge in [0.25, 0.3) is 0 Å². The highest BCUT2D eigenvalue weighted by atomic mass is 32.2. The summed E-state index contributed by atoms with van der Waals surface area (Å²) in [6.45, 7) is 0.488. The quantitative estimate of drug-likeness (QED) is 0.911. The molecule has 0 atom stereocenters. The van der Waals surface area contributed by atoms with Gasteiger partial charge in [-0.25, -0.2) is 18.1 Å². The Morgan fingerprint density at radius 2 is 2.05 bits per heavy atom. The smallest absolute Gasteiger partial charge is 0.242 e. The summed E-state index contributed by atoms with van der Waals surface area (Å²) in [6.07, 6.45) is 7.03. The molecule has 0 saturated heterocycles. The van der Waals surface area contributed by atoms with Crippen molar-refractivity contribution < 1.29 is 8.42 Å². The zero-order chi connectivity index (χ0) is 13.7. The summed E-state index contributed by atoms with van der Waals surface area (Å²) in [5, 5.41) is 8.63. The minimum absolute atomic E-state index is 0.113. The number of pyridine rings is 1. The highest BCUT2D eigenvalue weighted by Crippen LogP contribution is 2.23. The Bertz CT molecular complexity index is 555. The molecule has 0 aliphatic heterocycles. The van der Waals surface area contributed by atoms with Gasteiger partial charge in [0.2, 0.25) is 10.0 Å². The van der Waals surface area contributed by atoms with E-state index in [0.29, 0.717) is 12.5 Å². The molecule has 1 heterocycles. The Morgan fingerprint density at radius 1 is 1.32 bits per heavy atom. The van der Waals surface area contributed by atoms with E-state index >= 15 is 0 Å². The van der Waals surface area contributed by atoms with Crippen LogP contribution >= 0.6 is 0 Å². The molecule has 1 N–H and O–H groups in total. The van der Waals surface area contributed by atoms with E-state index in [9.17, 15) is 8.42 Å². The molecule has 6 heteroatoms. The average Bonchev–Trinajstić information content (AvgIpc) is 2.46. The summed E-state index contributed by atoms with van der Waals surface area (Å²) in [7, 11) is -3.51. The second-order valence-corrected chi connectivity index (χ2v) is 6.61. The van der Waals surface area contributed by atoms with Gasteiger partial charge in [-0.2, -0.15) is 5.26 Å². The minimum Gasteiger partial charge on any atom is -0.244 e. The predicted octanol–water partition coefficient (Wildman–Crippen LogP) is 1.81. The van der Waals surface area contributed by atoms with Crippen molar-refractivity contribution in [1.82, 2.24) is 9.71 Å². The Balaban J connectivity index is 1.99. The molecule has 19 heavy (non-hydrogen) atoms. The first-order valence-corrected chi connectivity index (χ1v) is 7.96. The molecular formula is C13H17N3O2S. The van der Waals surface area contributed by atoms with E-state index < -0.39 is 10.0 Å². The predicted molar refractivity (Wildman–Crippen MR) is 70.7 cm³/mol. The first-order valence-electron chi connectivity index (χ1n) is 6.47. The van der Waals surface area contributed by atoms with Crippen LogP contribution in [0.25, 0.3) is 0 Å². The Kier molecular flexibility index (Phi) is 4.51. The van der Waals surface area contributed by atoms with E-state index in [1.165, 1.54) is 37.6 Å². The molecule has 0 aromatic carbocycles. The molecule has 5 nitrogen and oxygen atoms in total. The Labute approximate surface area is 113 Å². The Morgan fingerprint density at radius 3 is 2.63 bits per heavy atom. The van der Waals surface area contributed by atoms with Crippen molar-refractivity contribution in [2.75, 3.05) is 6.54 Å². The zero-order valence-corrected chi connectivity index (χ0v) is 11.5. The van der Waals surface area contributed by atoms with Crippen molar-refractivity contribution in [2.24, 2.45) is 5.92 Å². The molecule has 102 valence electrons. The Hall–Kier alpha value is -1.45. The number of sulfonamides is 1. The van der Waals surface area contributed by atoms with Gasteiger partial charge in [-0.15, -0.1) is 0 Å². The molecule has 1 aliphatic rings. The third-order valence-corrected chi connectivity index (χ3v) is 4.86. The van der Waals surface area contributed by atoms with Gasteiger partial charge in [-0.05, 0) is 30.9 Å². The molecule has 1 aromatic rings. The second kappa shape index (κ2) is 6.13. The van der Waals surface area contributed by atoms with Crippen molar-refractivity contribution >= 4 is 10.0 Å². The number of hydrogen-bond donors (Lipinski definition) is 1. The zero-order valence-electron chi connectivity index (χ0n) is 10.7. The molecule has 0 unspecified atom stereocenters. The van der Waals surface area contributed by atoms with Crippen molar-refractivity contribution in [3.63, 3.8) is 0 Å². The van der Waals surface area contributed by atoms with E-state index in [0.717, 1.165) is 12.8 Å². The van der Waals surface area contributed by atoms with Crippen LogP contribution in [0, 0.1) is 17.2 Å². The van der Waals surface area contributed by atoms with Gasteiger partial charge in [0, 0.05) is 12.7 Å². The molecule has 2 rings (SSSR count). The highest BCUT2D eigenvalue weighted by molar-refractivity contribution is 7.89. The van der Waals surface area contributed by atoms with Crippen LogP contribution in [0.2, 0.25) is 0 Å². The third kappa shape index (κ3) is 3.75. The van der Waals surface area contributed by atoms with Gasteiger partial charge >= 0.3 is 0 Å². The van der Waals surface area contributed by atoms with E-state index in [1.54, 1.807) is 0 Å². The fraction of sp³-hybridized carbons (Fsp3) is 0.538. The fourth-order valence-electron chi connectivity index (χ4n) is 2.31. The maximum absolute atomic E-state index is 12.0. The number of aromatic nitrogens is 1. The summed E-state index contributed by atoms with van der Waals surface area (Å²) in [4.78, 5) is 3.89. The maximum atomic E-state index is 12.0. The molecule has 0 bridgehead atoms. The second-order valence-electron chi connectivity index (χ2n) is 4.85. The SMILES string of the molecule is N#Cc1ccc(S(=O)(=O)NCC2CCCCC2)cn1. The number of nitrogens with zero attached hydrogens (tertiary/aromatic N) is 2. The summed E-state index contributed by atoms with van der Waals surface area (Å²) in [5.41, 5.74) is 0.214. The lowest BCUT2D eigenvalue weighted by Gasteiger charge is -2.21. The normalized spacial score (nSPS) is 17.0. The first-order chi connectivity index (χ1) is 9.12. The van der Waals surface area contributed by atoms with Crippen LogP contribution in [0.3, 0.4) is 0 Å². The standard InChI is InChI=1S/C13H17N3O2S/c14-8-12-6-7-13(10-15-12)19(17,18)16-9-11-4-2-1-3-5-11/h6-7,10-11,16H,1-5,9H2. The molecule has 1 aliphatic carbocycles. The molecule has 1 fully saturated rings. The average molecular weight is 279 g/mol. The number of rotatable bonds is 4. The van der Waals surface area contributed by atoms with E-state index in [4.69, 9.17) is 5.26 Å². The van der Waals surface area contributed by atoms with Gasteiger partial charge in [0.15, 0.2) is 0 Å². The maximum Gasteiger partial charge on any atom is 0.242 e. The highest BCUT2D eigenvalue weighted by Gasteiger charge is 2.19. The van der Waals surface area contributed by atoms with Crippen LogP contribution in [0.5, 0.6) is 0 Å². The topological polar surface area (TPSA) is 82.8 Å². The van der Waals surface area contributed by atoms with Gasteiger partial charge in [0.1, 0.15) is 16.7 Å². The van der Waals surface area contributed by atoms with Crippen molar-refractivity contribution in [2.45, 2.75) is 37.0 Å². The van der Waals surface area contributed by atoms with Crippen molar-refractivity contribution in [3.8, 4) is 6.07 Å². The van der Waals surface area contributed by atoms with E-state index in [2.05, 4.69) is 9.71 Å². The molecular weight excluding hydrogens is 262 g/mol. The monoisotopic (exact) mass is 279 g/mol. The van der Waals surface area contributed by atoms with Crippen LogP contribution in [0.4, 0.5) is 0 Å². The largest absolute Gasteiger partial charge is 0.244 e. The van der Waals surface area contributed by atoms with Crippen LogP contribution in [0.1, 0.15) is 37.8 Å². The molecule has 1 aromatic heterocycles. The lowest BCUT2D eigenvalue weighted by molar-refractivity contribution is 0.357. The molecule has 0 amide bonds. The van der Waals surface area contributed by atoms with Crippen LogP contribution in [0.15, 0.2) is 23.2 Å². The van der Waals surface area contributed by atoms with Crippen LogP contribution in [-0.2, 0) is 10.0 Å². The van der Waals surface area contributed by atoms with E-state index in [1.807, 2.05) is 6.07 Å². The molecule has 0 radical (unpaired) electrons. The van der Waals surface area contributed by atoms with Gasteiger partial charge in [-0.1, -0.05) is 19.3 Å². The molecule has 0 spiro atoms. The van der Waals surface area contributed by atoms with Crippen LogP contribution in [-0.4, -0.2) is 19.9 Å². The van der Waals surface area contributed by atoms with Crippen molar-refractivity contribution in [3.05, 3.63) is 24.0 Å². The summed E-state index contributed by atoms with van der Waals surface area (Å²) >= 11 is 0. The number of hydrogen-bond acceptors (Lipinski definition) is 4. The lowest BCUT2D eigenvalue weighted by Crippen LogP contribution is -2.30. The first kappa shape index (κ1) is 14.0. The fourth-order valence-corrected chi connectivity index (χ4v) is 3.37. The van der Waals surface area contributed by atoms with Gasteiger partial charge in [0.05, 0.1) is 0 Å². The summed E-state index contributed by atoms with van der Waals surface area (Å²) in [6, 6.07) is 4.69. The minimum atomic E-state index is -3.51. The van der Waals surface area contributed by atoms with Crippen LogP contribution < -0.4 is 4.72 Å². The van der Waals surface area contributed by atoms with Gasteiger partial charge in [-0.3, -0.25) is 0 Å². The van der Waals surface area contributed by atoms with Crippen molar-refractivity contribution in [1.29, 1.82) is 5.26 Å². The summed E-state index contributed by atoms with van der Waals surface area (Å²) < 4.78 is 26.7.